The molecule has 116 valence electrons. The number of likely N-dealkylation sites (N-methyl/N-ethyl adjacent to an activating group) is 1. The average Bonchev–Trinajstić information content (AvgIpc) is 2.50. The van der Waals surface area contributed by atoms with Crippen molar-refractivity contribution in [2.75, 3.05) is 26.0 Å². The smallest absolute Gasteiger partial charge is 0.319 e. The van der Waals surface area contributed by atoms with Crippen molar-refractivity contribution in [3.63, 3.8) is 0 Å². The molecule has 1 atom stereocenters. The monoisotopic (exact) mass is 297 g/mol. The van der Waals surface area contributed by atoms with Crippen molar-refractivity contribution >= 4 is 11.7 Å². The minimum Gasteiger partial charge on any atom is -0.336 e. The maximum absolute atomic E-state index is 12.0. The fourth-order valence-corrected chi connectivity index (χ4v) is 2.27. The number of nitrogens with one attached hydrogen (secondary N) is 2. The van der Waals surface area contributed by atoms with Crippen LogP contribution in [-0.4, -0.2) is 31.6 Å². The summed E-state index contributed by atoms with van der Waals surface area (Å²) in [6, 6.07) is 17.8. The van der Waals surface area contributed by atoms with E-state index in [4.69, 9.17) is 0 Å². The summed E-state index contributed by atoms with van der Waals surface area (Å²) in [6.45, 7) is 2.62. The van der Waals surface area contributed by atoms with E-state index in [1.54, 1.807) is 0 Å². The van der Waals surface area contributed by atoms with E-state index in [-0.39, 0.29) is 12.1 Å². The Kier molecular flexibility index (Phi) is 5.55. The lowest BCUT2D eigenvalue weighted by Crippen LogP contribution is -2.36. The Bertz CT molecular complexity index is 593. The highest BCUT2D eigenvalue weighted by atomic mass is 16.2. The van der Waals surface area contributed by atoms with E-state index in [1.165, 1.54) is 11.1 Å². The Morgan fingerprint density at radius 1 is 1.05 bits per heavy atom. The number of rotatable bonds is 5. The van der Waals surface area contributed by atoms with Crippen LogP contribution < -0.4 is 10.6 Å². The van der Waals surface area contributed by atoms with E-state index in [1.807, 2.05) is 44.4 Å². The standard InChI is InChI=1S/C18H23N3O/c1-14-9-11-15(12-10-14)17(21(2)3)13-19-18(22)20-16-7-5-4-6-8-16/h4-12,17H,13H2,1-3H3,(H2,19,20,22). The molecule has 2 amide bonds. The summed E-state index contributed by atoms with van der Waals surface area (Å²) in [6.07, 6.45) is 0. The molecular weight excluding hydrogens is 274 g/mol. The highest BCUT2D eigenvalue weighted by Gasteiger charge is 2.15. The van der Waals surface area contributed by atoms with Crippen molar-refractivity contribution in [2.45, 2.75) is 13.0 Å². The van der Waals surface area contributed by atoms with Crippen LogP contribution in [-0.2, 0) is 0 Å². The molecule has 0 aliphatic rings. The summed E-state index contributed by atoms with van der Waals surface area (Å²) in [5.41, 5.74) is 3.21. The minimum absolute atomic E-state index is 0.141. The molecule has 22 heavy (non-hydrogen) atoms. The van der Waals surface area contributed by atoms with Crippen molar-refractivity contribution in [3.8, 4) is 0 Å². The van der Waals surface area contributed by atoms with Gasteiger partial charge in [0.2, 0.25) is 0 Å². The molecule has 0 aromatic heterocycles. The molecule has 2 aromatic rings. The van der Waals surface area contributed by atoms with Crippen LogP contribution in [0.2, 0.25) is 0 Å². The third-order valence-corrected chi connectivity index (χ3v) is 3.57. The first kappa shape index (κ1) is 16.0. The van der Waals surface area contributed by atoms with Crippen LogP contribution in [0.5, 0.6) is 0 Å². The predicted molar refractivity (Wildman–Crippen MR) is 91.1 cm³/mol. The van der Waals surface area contributed by atoms with Crippen LogP contribution in [0.25, 0.3) is 0 Å². The zero-order valence-electron chi connectivity index (χ0n) is 13.3. The largest absolute Gasteiger partial charge is 0.336 e. The quantitative estimate of drug-likeness (QED) is 0.888. The zero-order chi connectivity index (χ0) is 15.9. The highest BCUT2D eigenvalue weighted by Crippen LogP contribution is 2.18. The first-order valence-corrected chi connectivity index (χ1v) is 7.39. The normalized spacial score (nSPS) is 12.0. The van der Waals surface area contributed by atoms with E-state index < -0.39 is 0 Å². The zero-order valence-corrected chi connectivity index (χ0v) is 13.3. The molecule has 0 spiro atoms. The van der Waals surface area contributed by atoms with Gasteiger partial charge in [-0.1, -0.05) is 48.0 Å². The maximum Gasteiger partial charge on any atom is 0.319 e. The number of para-hydroxylation sites is 1. The third kappa shape index (κ3) is 4.60. The van der Waals surface area contributed by atoms with Gasteiger partial charge >= 0.3 is 6.03 Å². The first-order valence-electron chi connectivity index (χ1n) is 7.39. The van der Waals surface area contributed by atoms with Crippen LogP contribution >= 0.6 is 0 Å². The summed E-state index contributed by atoms with van der Waals surface area (Å²) < 4.78 is 0. The molecule has 0 bridgehead atoms. The van der Waals surface area contributed by atoms with Gasteiger partial charge in [-0.05, 0) is 38.7 Å². The van der Waals surface area contributed by atoms with Gasteiger partial charge in [0, 0.05) is 12.2 Å². The molecule has 2 aromatic carbocycles. The molecular formula is C18H23N3O. The number of urea groups is 1. The lowest BCUT2D eigenvalue weighted by molar-refractivity contribution is 0.243. The van der Waals surface area contributed by atoms with Crippen molar-refractivity contribution in [3.05, 3.63) is 65.7 Å². The number of nitrogens with zero attached hydrogens (tertiary/aromatic N) is 1. The van der Waals surface area contributed by atoms with Crippen LogP contribution in [0.15, 0.2) is 54.6 Å². The first-order chi connectivity index (χ1) is 10.6. The number of hydrogen-bond acceptors (Lipinski definition) is 2. The topological polar surface area (TPSA) is 44.4 Å². The van der Waals surface area contributed by atoms with Crippen LogP contribution in [0.1, 0.15) is 17.2 Å². The summed E-state index contributed by atoms with van der Waals surface area (Å²) in [5.74, 6) is 0. The van der Waals surface area contributed by atoms with Crippen molar-refractivity contribution in [1.82, 2.24) is 10.2 Å². The fourth-order valence-electron chi connectivity index (χ4n) is 2.27. The number of carbonyl (C=O) groups excluding carboxylic acids is 1. The Morgan fingerprint density at radius 2 is 1.68 bits per heavy atom. The maximum atomic E-state index is 12.0. The van der Waals surface area contributed by atoms with Gasteiger partial charge in [0.1, 0.15) is 0 Å². The minimum atomic E-state index is -0.190. The van der Waals surface area contributed by atoms with Gasteiger partial charge in [0.25, 0.3) is 0 Å². The lowest BCUT2D eigenvalue weighted by atomic mass is 10.0. The van der Waals surface area contributed by atoms with Gasteiger partial charge in [-0.3, -0.25) is 0 Å². The van der Waals surface area contributed by atoms with Crippen LogP contribution in [0.3, 0.4) is 0 Å². The van der Waals surface area contributed by atoms with E-state index in [2.05, 4.69) is 46.7 Å². The molecule has 4 nitrogen and oxygen atoms in total. The molecule has 0 saturated heterocycles. The summed E-state index contributed by atoms with van der Waals surface area (Å²) in [7, 11) is 4.03. The molecule has 2 N–H and O–H groups in total. The molecule has 0 aliphatic heterocycles. The van der Waals surface area contributed by atoms with Crippen molar-refractivity contribution in [2.24, 2.45) is 0 Å². The van der Waals surface area contributed by atoms with E-state index >= 15 is 0 Å². The number of hydrogen-bond donors (Lipinski definition) is 2. The summed E-state index contributed by atoms with van der Waals surface area (Å²) in [4.78, 5) is 14.1. The Morgan fingerprint density at radius 3 is 2.27 bits per heavy atom. The average molecular weight is 297 g/mol. The van der Waals surface area contributed by atoms with Gasteiger partial charge in [0.15, 0.2) is 0 Å². The van der Waals surface area contributed by atoms with Gasteiger partial charge in [-0.15, -0.1) is 0 Å². The third-order valence-electron chi connectivity index (χ3n) is 3.57. The highest BCUT2D eigenvalue weighted by molar-refractivity contribution is 5.89. The lowest BCUT2D eigenvalue weighted by Gasteiger charge is -2.25. The SMILES string of the molecule is Cc1ccc(C(CNC(=O)Nc2ccccc2)N(C)C)cc1. The number of amides is 2. The fraction of sp³-hybridized carbons (Fsp3) is 0.278. The van der Waals surface area contributed by atoms with Crippen LogP contribution in [0.4, 0.5) is 10.5 Å². The Labute approximate surface area is 132 Å². The van der Waals surface area contributed by atoms with Gasteiger partial charge in [-0.25, -0.2) is 4.79 Å². The van der Waals surface area contributed by atoms with Gasteiger partial charge < -0.3 is 15.5 Å². The number of aryl methyl sites for hydroxylation is 1. The second-order valence-corrected chi connectivity index (χ2v) is 5.59. The molecule has 0 saturated carbocycles. The van der Waals surface area contributed by atoms with Gasteiger partial charge in [-0.2, -0.15) is 0 Å². The second-order valence-electron chi connectivity index (χ2n) is 5.59. The van der Waals surface area contributed by atoms with E-state index in [9.17, 15) is 4.79 Å². The molecule has 2 rings (SSSR count). The molecule has 4 heteroatoms. The molecule has 0 heterocycles. The molecule has 0 aliphatic carbocycles. The number of benzene rings is 2. The van der Waals surface area contributed by atoms with Crippen molar-refractivity contribution < 1.29 is 4.79 Å². The molecule has 1 unspecified atom stereocenters. The Hall–Kier alpha value is -2.33. The number of anilines is 1. The molecule has 0 fully saturated rings. The Balaban J connectivity index is 1.94. The van der Waals surface area contributed by atoms with Crippen LogP contribution in [0, 0.1) is 6.92 Å². The number of carbonyl (C=O) groups is 1. The second kappa shape index (κ2) is 7.61. The van der Waals surface area contributed by atoms with Crippen molar-refractivity contribution in [1.29, 1.82) is 0 Å². The summed E-state index contributed by atoms with van der Waals surface area (Å²) in [5, 5.41) is 5.76. The predicted octanol–water partition coefficient (Wildman–Crippen LogP) is 3.42. The van der Waals surface area contributed by atoms with E-state index in [0.717, 1.165) is 5.69 Å². The summed E-state index contributed by atoms with van der Waals surface area (Å²) >= 11 is 0. The molecule has 0 radical (unpaired) electrons. The van der Waals surface area contributed by atoms with E-state index in [0.29, 0.717) is 6.54 Å². The van der Waals surface area contributed by atoms with Gasteiger partial charge in [0.05, 0.1) is 6.04 Å².